The molecule has 0 aliphatic heterocycles. The molecule has 0 aromatic heterocycles. The van der Waals surface area contributed by atoms with Crippen LogP contribution in [0.15, 0.2) is 35.2 Å². The molecule has 1 unspecified atom stereocenters. The Morgan fingerprint density at radius 1 is 0.894 bits per heavy atom. The van der Waals surface area contributed by atoms with Gasteiger partial charge in [0.2, 0.25) is 17.6 Å². The number of Topliss-reactive ketones (excluding diaryl/α,β-unsaturated/α-hetero) is 1. The van der Waals surface area contributed by atoms with E-state index in [4.69, 9.17) is 5.73 Å². The number of hydrogen-bond acceptors (Lipinski definition) is 7. The van der Waals surface area contributed by atoms with Crippen LogP contribution in [0.5, 0.6) is 0 Å². The molecule has 3 rings (SSSR count). The third kappa shape index (κ3) is 10.8. The topological polar surface area (TPSA) is 185 Å². The van der Waals surface area contributed by atoms with E-state index < -0.39 is 63.5 Å². The van der Waals surface area contributed by atoms with Crippen molar-refractivity contribution in [2.24, 2.45) is 23.5 Å². The molecule has 12 nitrogen and oxygen atoms in total. The second-order valence-electron chi connectivity index (χ2n) is 13.5. The van der Waals surface area contributed by atoms with Gasteiger partial charge in [0.1, 0.15) is 12.1 Å². The van der Waals surface area contributed by atoms with Crippen LogP contribution in [-0.4, -0.2) is 79.3 Å². The summed E-state index contributed by atoms with van der Waals surface area (Å²) in [6.45, 7) is 7.30. The van der Waals surface area contributed by atoms with Gasteiger partial charge in [-0.1, -0.05) is 77.5 Å². The Hall–Kier alpha value is -3.48. The average molecular weight is 676 g/mol. The highest BCUT2D eigenvalue weighted by Crippen LogP contribution is 2.31. The average Bonchev–Trinajstić information content (AvgIpc) is 3.02. The van der Waals surface area contributed by atoms with Crippen LogP contribution >= 0.6 is 0 Å². The number of primary amides is 1. The van der Waals surface area contributed by atoms with Crippen molar-refractivity contribution in [2.75, 3.05) is 12.3 Å². The molecule has 0 radical (unpaired) electrons. The summed E-state index contributed by atoms with van der Waals surface area (Å²) in [6, 6.07) is 3.66. The smallest absolute Gasteiger partial charge is 0.315 e. The predicted molar refractivity (Wildman–Crippen MR) is 179 cm³/mol. The summed E-state index contributed by atoms with van der Waals surface area (Å²) in [5, 5.41) is 8.35. The van der Waals surface area contributed by atoms with E-state index in [1.54, 1.807) is 25.1 Å². The first kappa shape index (κ1) is 38.0. The minimum Gasteiger partial charge on any atom is -0.363 e. The maximum atomic E-state index is 14.3. The van der Waals surface area contributed by atoms with Gasteiger partial charge in [0.25, 0.3) is 5.91 Å². The number of hydrogen-bond donors (Lipinski definition) is 4. The first-order valence-corrected chi connectivity index (χ1v) is 18.7. The molecule has 47 heavy (non-hydrogen) atoms. The number of ketones is 1. The molecule has 2 saturated carbocycles. The molecular weight excluding hydrogens is 622 g/mol. The Kier molecular flexibility index (Phi) is 14.2. The van der Waals surface area contributed by atoms with Gasteiger partial charge in [0.05, 0.1) is 16.7 Å². The summed E-state index contributed by atoms with van der Waals surface area (Å²) in [5.41, 5.74) is 5.28. The number of urea groups is 1. The van der Waals surface area contributed by atoms with E-state index in [1.165, 1.54) is 17.0 Å². The van der Waals surface area contributed by atoms with Crippen LogP contribution in [0.25, 0.3) is 0 Å². The zero-order chi connectivity index (χ0) is 34.7. The third-order valence-electron chi connectivity index (χ3n) is 9.56. The molecule has 0 bridgehead atoms. The van der Waals surface area contributed by atoms with Crippen molar-refractivity contribution >= 4 is 39.4 Å². The minimum absolute atomic E-state index is 0.165. The Labute approximate surface area is 279 Å². The second kappa shape index (κ2) is 17.6. The largest absolute Gasteiger partial charge is 0.363 e. The Bertz CT molecular complexity index is 1340. The van der Waals surface area contributed by atoms with Gasteiger partial charge in [-0.3, -0.25) is 19.2 Å². The summed E-state index contributed by atoms with van der Waals surface area (Å²) >= 11 is 0. The molecule has 0 heterocycles. The molecule has 1 aromatic carbocycles. The second-order valence-corrected chi connectivity index (χ2v) is 15.5. The lowest BCUT2D eigenvalue weighted by atomic mass is 9.80. The maximum absolute atomic E-state index is 14.3. The van der Waals surface area contributed by atoms with Crippen LogP contribution in [0.1, 0.15) is 91.9 Å². The first-order chi connectivity index (χ1) is 22.2. The van der Waals surface area contributed by atoms with E-state index in [9.17, 15) is 32.4 Å². The van der Waals surface area contributed by atoms with Crippen LogP contribution < -0.4 is 21.7 Å². The monoisotopic (exact) mass is 675 g/mol. The van der Waals surface area contributed by atoms with Crippen molar-refractivity contribution in [2.45, 2.75) is 121 Å². The van der Waals surface area contributed by atoms with Gasteiger partial charge in [-0.15, -0.1) is 0 Å². The zero-order valence-corrected chi connectivity index (χ0v) is 29.0. The Morgan fingerprint density at radius 2 is 1.53 bits per heavy atom. The molecule has 1 aromatic rings. The van der Waals surface area contributed by atoms with Crippen molar-refractivity contribution < 1.29 is 32.4 Å². The molecule has 2 aliphatic carbocycles. The normalized spacial score (nSPS) is 18.2. The molecule has 2 fully saturated rings. The SMILES string of the molecule is CCCN(C(=O)[C@@H](NC(=O)N[C@H](CS(=O)(=O)c1ccccc1)C(C)C)C1CCCCC1)[C@@H](C)C(=O)NC(CC1CCC1)C(=O)C(N)=O. The van der Waals surface area contributed by atoms with Gasteiger partial charge in [0, 0.05) is 12.6 Å². The number of carbonyl (C=O) groups excluding carboxylic acids is 5. The number of rotatable bonds is 17. The number of sulfone groups is 1. The Morgan fingerprint density at radius 3 is 2.06 bits per heavy atom. The van der Waals surface area contributed by atoms with Crippen LogP contribution in [0, 0.1) is 17.8 Å². The van der Waals surface area contributed by atoms with Crippen molar-refractivity contribution in [1.29, 1.82) is 0 Å². The fraction of sp³-hybridized carbons (Fsp3) is 0.676. The number of nitrogens with two attached hydrogens (primary N) is 1. The van der Waals surface area contributed by atoms with Crippen LogP contribution in [-0.2, 0) is 29.0 Å². The van der Waals surface area contributed by atoms with Gasteiger partial charge in [0.15, 0.2) is 9.84 Å². The lowest BCUT2D eigenvalue weighted by molar-refractivity contribution is -0.144. The highest BCUT2D eigenvalue weighted by atomic mass is 32.2. The van der Waals surface area contributed by atoms with E-state index in [0.717, 1.165) is 38.5 Å². The van der Waals surface area contributed by atoms with Crippen LogP contribution in [0.4, 0.5) is 4.79 Å². The number of carbonyl (C=O) groups is 5. The quantitative estimate of drug-likeness (QED) is 0.183. The molecule has 5 amide bonds. The lowest BCUT2D eigenvalue weighted by Gasteiger charge is -2.37. The Balaban J connectivity index is 1.79. The van der Waals surface area contributed by atoms with Gasteiger partial charge >= 0.3 is 6.03 Å². The van der Waals surface area contributed by atoms with Crippen LogP contribution in [0.2, 0.25) is 0 Å². The standard InChI is InChI=1S/C34H53N5O7S/c1-5-19-39(23(4)32(42)36-27(30(40)31(35)41)20-24-13-12-14-24)33(43)29(25-15-8-6-9-16-25)38-34(44)37-28(22(2)3)21-47(45,46)26-17-10-7-11-18-26/h7,10-11,17-18,22-25,27-29H,5-6,8-9,12-16,19-21H2,1-4H3,(H2,35,41)(H,36,42)(H2,37,38,44)/t23-,27?,28+,29-/m0/s1. The fourth-order valence-corrected chi connectivity index (χ4v) is 8.08. The molecule has 0 spiro atoms. The van der Waals surface area contributed by atoms with Crippen LogP contribution in [0.3, 0.4) is 0 Å². The van der Waals surface area contributed by atoms with Gasteiger partial charge in [-0.2, -0.15) is 0 Å². The number of benzene rings is 1. The first-order valence-electron chi connectivity index (χ1n) is 17.0. The van der Waals surface area contributed by atoms with Gasteiger partial charge in [-0.25, -0.2) is 13.2 Å². The summed E-state index contributed by atoms with van der Waals surface area (Å²) in [4.78, 5) is 67.2. The molecule has 5 N–H and O–H groups in total. The number of nitrogens with one attached hydrogen (secondary N) is 3. The molecule has 4 atom stereocenters. The summed E-state index contributed by atoms with van der Waals surface area (Å²) in [7, 11) is -3.70. The molecule has 262 valence electrons. The predicted octanol–water partition coefficient (Wildman–Crippen LogP) is 3.09. The highest BCUT2D eigenvalue weighted by molar-refractivity contribution is 7.91. The molecule has 0 saturated heterocycles. The fourth-order valence-electron chi connectivity index (χ4n) is 6.37. The van der Waals surface area contributed by atoms with E-state index >= 15 is 0 Å². The number of amides is 5. The lowest BCUT2D eigenvalue weighted by Crippen LogP contribution is -2.60. The summed E-state index contributed by atoms with van der Waals surface area (Å²) in [6.07, 6.45) is 7.90. The summed E-state index contributed by atoms with van der Waals surface area (Å²) < 4.78 is 26.2. The van der Waals surface area contributed by atoms with E-state index in [0.29, 0.717) is 25.7 Å². The van der Waals surface area contributed by atoms with Crippen molar-refractivity contribution in [3.63, 3.8) is 0 Å². The van der Waals surface area contributed by atoms with Gasteiger partial charge in [-0.05, 0) is 62.5 Å². The van der Waals surface area contributed by atoms with Crippen molar-refractivity contribution in [3.05, 3.63) is 30.3 Å². The van der Waals surface area contributed by atoms with E-state index in [2.05, 4.69) is 16.0 Å². The summed E-state index contributed by atoms with van der Waals surface area (Å²) in [5.74, 6) is -3.48. The van der Waals surface area contributed by atoms with Gasteiger partial charge < -0.3 is 26.6 Å². The highest BCUT2D eigenvalue weighted by Gasteiger charge is 2.39. The van der Waals surface area contributed by atoms with Crippen molar-refractivity contribution in [1.82, 2.24) is 20.9 Å². The minimum atomic E-state index is -3.70. The molecule has 2 aliphatic rings. The maximum Gasteiger partial charge on any atom is 0.315 e. The zero-order valence-electron chi connectivity index (χ0n) is 28.2. The van der Waals surface area contributed by atoms with E-state index in [-0.39, 0.29) is 34.9 Å². The molecular formula is C34H53N5O7S. The molecule has 13 heteroatoms. The third-order valence-corrected chi connectivity index (χ3v) is 11.3. The van der Waals surface area contributed by atoms with Crippen molar-refractivity contribution in [3.8, 4) is 0 Å². The van der Waals surface area contributed by atoms with E-state index in [1.807, 2.05) is 20.8 Å². The number of nitrogens with zero attached hydrogens (tertiary/aromatic N) is 1.